The van der Waals surface area contributed by atoms with Gasteiger partial charge in [-0.2, -0.15) is 0 Å². The number of hydrogen-bond donors (Lipinski definition) is 1. The van der Waals surface area contributed by atoms with Gasteiger partial charge in [0.1, 0.15) is 0 Å². The van der Waals surface area contributed by atoms with Crippen LogP contribution in [0.4, 0.5) is 5.69 Å². The van der Waals surface area contributed by atoms with Gasteiger partial charge in [-0.1, -0.05) is 42.2 Å². The van der Waals surface area contributed by atoms with E-state index in [2.05, 4.69) is 22.1 Å². The van der Waals surface area contributed by atoms with Crippen LogP contribution in [0.1, 0.15) is 27.0 Å². The van der Waals surface area contributed by atoms with Crippen LogP contribution in [-0.2, 0) is 11.2 Å². The number of pyridine rings is 1. The van der Waals surface area contributed by atoms with Crippen LogP contribution in [0.25, 0.3) is 6.08 Å². The van der Waals surface area contributed by atoms with E-state index in [-0.39, 0.29) is 11.4 Å². The molecule has 3 aromatic rings. The molecule has 1 N–H and O–H groups in total. The van der Waals surface area contributed by atoms with Gasteiger partial charge in [-0.3, -0.25) is 14.6 Å². The Morgan fingerprint density at radius 3 is 2.54 bits per heavy atom. The fourth-order valence-corrected chi connectivity index (χ4v) is 2.95. The number of amides is 1. The molecule has 28 heavy (non-hydrogen) atoms. The maximum Gasteiger partial charge on any atom is 0.259 e. The van der Waals surface area contributed by atoms with Crippen LogP contribution in [0.3, 0.4) is 0 Å². The number of carbonyl (C=O) groups excluding carboxylic acids is 2. The minimum atomic E-state index is -0.391. The summed E-state index contributed by atoms with van der Waals surface area (Å²) in [7, 11) is 0. The molecule has 134 valence electrons. The molecule has 1 amide bonds. The Morgan fingerprint density at radius 1 is 0.964 bits per heavy atom. The highest BCUT2D eigenvalue weighted by Gasteiger charge is 2.28. The zero-order valence-electron chi connectivity index (χ0n) is 15.0. The van der Waals surface area contributed by atoms with Crippen molar-refractivity contribution < 1.29 is 9.59 Å². The third kappa shape index (κ3) is 3.74. The highest BCUT2D eigenvalue weighted by molar-refractivity contribution is 6.36. The first-order chi connectivity index (χ1) is 13.7. The molecule has 2 aromatic carbocycles. The largest absolute Gasteiger partial charge is 0.321 e. The van der Waals surface area contributed by atoms with E-state index < -0.39 is 5.91 Å². The first kappa shape index (κ1) is 17.4. The molecule has 0 aliphatic carbocycles. The monoisotopic (exact) mass is 364 g/mol. The molecule has 0 radical (unpaired) electrons. The van der Waals surface area contributed by atoms with Gasteiger partial charge in [0.05, 0.1) is 11.3 Å². The fourth-order valence-electron chi connectivity index (χ4n) is 2.95. The second-order valence-electron chi connectivity index (χ2n) is 6.35. The van der Waals surface area contributed by atoms with Crippen molar-refractivity contribution in [1.82, 2.24) is 4.98 Å². The summed E-state index contributed by atoms with van der Waals surface area (Å²) in [6.45, 7) is 0. The molecule has 4 rings (SSSR count). The van der Waals surface area contributed by atoms with Crippen LogP contribution >= 0.6 is 0 Å². The van der Waals surface area contributed by atoms with Gasteiger partial charge in [0.25, 0.3) is 5.91 Å². The van der Waals surface area contributed by atoms with Gasteiger partial charge in [0.2, 0.25) is 5.78 Å². The molecule has 1 aliphatic rings. The van der Waals surface area contributed by atoms with E-state index in [9.17, 15) is 9.59 Å². The molecular weight excluding hydrogens is 348 g/mol. The Bertz CT molecular complexity index is 1140. The molecule has 4 nitrogen and oxygen atoms in total. The molecule has 2 heterocycles. The van der Waals surface area contributed by atoms with Crippen LogP contribution in [0, 0.1) is 11.8 Å². The summed E-state index contributed by atoms with van der Waals surface area (Å²) >= 11 is 0. The lowest BCUT2D eigenvalue weighted by Gasteiger charge is -2.18. The van der Waals surface area contributed by atoms with E-state index in [0.29, 0.717) is 17.7 Å². The second kappa shape index (κ2) is 7.73. The molecule has 1 aromatic heterocycles. The zero-order chi connectivity index (χ0) is 19.3. The number of ketones is 1. The SMILES string of the molecule is O=C1Nc2ccc(C#CCc3ccncc3)cc2C(=O)/C1=C\c1ccccc1. The normalized spacial score (nSPS) is 14.1. The first-order valence-electron chi connectivity index (χ1n) is 8.85. The maximum absolute atomic E-state index is 12.9. The molecule has 0 unspecified atom stereocenters. The van der Waals surface area contributed by atoms with Gasteiger partial charge in [-0.15, -0.1) is 0 Å². The maximum atomic E-state index is 12.9. The molecule has 1 aliphatic heterocycles. The van der Waals surface area contributed by atoms with E-state index in [0.717, 1.165) is 16.7 Å². The number of hydrogen-bond acceptors (Lipinski definition) is 3. The third-order valence-electron chi connectivity index (χ3n) is 4.39. The number of aromatic nitrogens is 1. The van der Waals surface area contributed by atoms with Crippen molar-refractivity contribution in [3.63, 3.8) is 0 Å². The number of benzene rings is 2. The van der Waals surface area contributed by atoms with Gasteiger partial charge < -0.3 is 5.32 Å². The summed E-state index contributed by atoms with van der Waals surface area (Å²) in [6.07, 6.45) is 5.68. The Kier molecular flexibility index (Phi) is 4.81. The molecule has 0 spiro atoms. The summed E-state index contributed by atoms with van der Waals surface area (Å²) in [5, 5.41) is 2.79. The molecule has 0 saturated carbocycles. The smallest absolute Gasteiger partial charge is 0.259 e. The third-order valence-corrected chi connectivity index (χ3v) is 4.39. The lowest BCUT2D eigenvalue weighted by molar-refractivity contribution is -0.112. The van der Waals surface area contributed by atoms with Crippen LogP contribution < -0.4 is 5.32 Å². The standard InChI is InChI=1S/C24H16N2O2/c27-23-20-15-19(8-4-7-17-11-13-25-14-12-17)9-10-22(20)26-24(28)21(23)16-18-5-2-1-3-6-18/h1-3,5-6,9-16H,7H2,(H,26,28)/b21-16+. The molecule has 0 saturated heterocycles. The lowest BCUT2D eigenvalue weighted by atomic mass is 9.94. The van der Waals surface area contributed by atoms with Gasteiger partial charge in [-0.05, 0) is 47.5 Å². The van der Waals surface area contributed by atoms with Crippen molar-refractivity contribution in [3.8, 4) is 11.8 Å². The van der Waals surface area contributed by atoms with Crippen molar-refractivity contribution in [2.24, 2.45) is 0 Å². The van der Waals surface area contributed by atoms with Crippen LogP contribution in [-0.4, -0.2) is 16.7 Å². The first-order valence-corrected chi connectivity index (χ1v) is 8.85. The fraction of sp³-hybridized carbons (Fsp3) is 0.0417. The van der Waals surface area contributed by atoms with E-state index in [4.69, 9.17) is 0 Å². The minimum Gasteiger partial charge on any atom is -0.321 e. The molecule has 0 atom stereocenters. The van der Waals surface area contributed by atoms with Crippen LogP contribution in [0.2, 0.25) is 0 Å². The quantitative estimate of drug-likeness (QED) is 0.426. The Morgan fingerprint density at radius 2 is 1.75 bits per heavy atom. The number of nitrogens with one attached hydrogen (secondary N) is 1. The van der Waals surface area contributed by atoms with Crippen LogP contribution in [0.5, 0.6) is 0 Å². The lowest BCUT2D eigenvalue weighted by Crippen LogP contribution is -2.27. The predicted octanol–water partition coefficient (Wildman–Crippen LogP) is 3.89. The topological polar surface area (TPSA) is 59.1 Å². The highest BCUT2D eigenvalue weighted by atomic mass is 16.2. The van der Waals surface area contributed by atoms with E-state index >= 15 is 0 Å². The van der Waals surface area contributed by atoms with E-state index in [1.807, 2.05) is 42.5 Å². The summed E-state index contributed by atoms with van der Waals surface area (Å²) in [5.74, 6) is 5.51. The van der Waals surface area contributed by atoms with Gasteiger partial charge in [0, 0.05) is 29.9 Å². The van der Waals surface area contributed by atoms with Crippen molar-refractivity contribution in [2.75, 3.05) is 5.32 Å². The summed E-state index contributed by atoms with van der Waals surface area (Å²) < 4.78 is 0. The number of anilines is 1. The molecule has 0 bridgehead atoms. The van der Waals surface area contributed by atoms with Crippen molar-refractivity contribution in [3.05, 3.63) is 101 Å². The average Bonchev–Trinajstić information content (AvgIpc) is 2.73. The van der Waals surface area contributed by atoms with Gasteiger partial charge in [0.15, 0.2) is 0 Å². The number of rotatable bonds is 2. The zero-order valence-corrected chi connectivity index (χ0v) is 15.0. The minimum absolute atomic E-state index is 0.126. The second-order valence-corrected chi connectivity index (χ2v) is 6.35. The predicted molar refractivity (Wildman–Crippen MR) is 109 cm³/mol. The van der Waals surface area contributed by atoms with E-state index in [1.54, 1.807) is 36.7 Å². The van der Waals surface area contributed by atoms with E-state index in [1.165, 1.54) is 0 Å². The highest BCUT2D eigenvalue weighted by Crippen LogP contribution is 2.27. The molecular formula is C24H16N2O2. The van der Waals surface area contributed by atoms with Crippen molar-refractivity contribution in [2.45, 2.75) is 6.42 Å². The van der Waals surface area contributed by atoms with Gasteiger partial charge in [-0.25, -0.2) is 0 Å². The Labute approximate surface area is 162 Å². The summed E-state index contributed by atoms with van der Waals surface area (Å²) in [4.78, 5) is 29.2. The average molecular weight is 364 g/mol. The molecule has 4 heteroatoms. The number of nitrogens with zero attached hydrogens (tertiary/aromatic N) is 1. The summed E-state index contributed by atoms with van der Waals surface area (Å²) in [5.41, 5.74) is 3.71. The van der Waals surface area contributed by atoms with Crippen LogP contribution in [0.15, 0.2) is 78.6 Å². The number of fused-ring (bicyclic) bond motifs is 1. The number of Topliss-reactive ketones (excluding diaryl/α,β-unsaturated/α-hetero) is 1. The van der Waals surface area contributed by atoms with Crippen molar-refractivity contribution in [1.29, 1.82) is 0 Å². The molecule has 0 fully saturated rings. The Balaban J connectivity index is 1.62. The Hall–Kier alpha value is -3.97. The van der Waals surface area contributed by atoms with Gasteiger partial charge >= 0.3 is 0 Å². The number of carbonyl (C=O) groups is 2. The van der Waals surface area contributed by atoms with Crippen molar-refractivity contribution >= 4 is 23.5 Å². The summed E-state index contributed by atoms with van der Waals surface area (Å²) in [6, 6.07) is 18.4.